The SMILES string of the molecule is CC(C)=NNc1cc(Cl)c(C#N)cc1F. The molecule has 3 nitrogen and oxygen atoms in total. The van der Waals surface area contributed by atoms with Crippen LogP contribution in [-0.4, -0.2) is 5.71 Å². The first-order valence-electron chi connectivity index (χ1n) is 4.20. The lowest BCUT2D eigenvalue weighted by molar-refractivity contribution is 0.630. The molecule has 1 rings (SSSR count). The Balaban J connectivity index is 3.07. The van der Waals surface area contributed by atoms with Crippen molar-refractivity contribution in [2.45, 2.75) is 13.8 Å². The molecular formula is C10H9ClFN3. The van der Waals surface area contributed by atoms with Crippen molar-refractivity contribution in [3.8, 4) is 6.07 Å². The normalized spacial score (nSPS) is 9.27. The Morgan fingerprint density at radius 2 is 2.20 bits per heavy atom. The van der Waals surface area contributed by atoms with Crippen LogP contribution in [0.4, 0.5) is 10.1 Å². The summed E-state index contributed by atoms with van der Waals surface area (Å²) in [7, 11) is 0. The van der Waals surface area contributed by atoms with Crippen LogP contribution >= 0.6 is 11.6 Å². The number of nitrogens with zero attached hydrogens (tertiary/aromatic N) is 2. The first kappa shape index (κ1) is 11.5. The van der Waals surface area contributed by atoms with E-state index in [2.05, 4.69) is 10.5 Å². The van der Waals surface area contributed by atoms with E-state index in [4.69, 9.17) is 16.9 Å². The van der Waals surface area contributed by atoms with Crippen LogP contribution in [0.5, 0.6) is 0 Å². The summed E-state index contributed by atoms with van der Waals surface area (Å²) in [6, 6.07) is 4.20. The maximum Gasteiger partial charge on any atom is 0.149 e. The van der Waals surface area contributed by atoms with E-state index in [0.29, 0.717) is 0 Å². The van der Waals surface area contributed by atoms with Crippen molar-refractivity contribution in [3.05, 3.63) is 28.5 Å². The van der Waals surface area contributed by atoms with Gasteiger partial charge >= 0.3 is 0 Å². The molecule has 0 radical (unpaired) electrons. The first-order chi connectivity index (χ1) is 7.04. The molecule has 0 atom stereocenters. The van der Waals surface area contributed by atoms with Crippen LogP contribution in [0.2, 0.25) is 5.02 Å². The standard InChI is InChI=1S/C10H9ClFN3/c1-6(2)14-15-10-4-8(11)7(5-13)3-9(10)12/h3-4,15H,1-2H3. The van der Waals surface area contributed by atoms with Gasteiger partial charge in [0.25, 0.3) is 0 Å². The maximum atomic E-state index is 13.3. The predicted molar refractivity (Wildman–Crippen MR) is 58.5 cm³/mol. The fourth-order valence-electron chi connectivity index (χ4n) is 0.890. The van der Waals surface area contributed by atoms with Gasteiger partial charge < -0.3 is 0 Å². The fraction of sp³-hybridized carbons (Fsp3) is 0.200. The summed E-state index contributed by atoms with van der Waals surface area (Å²) in [4.78, 5) is 0. The number of hydrogen-bond donors (Lipinski definition) is 1. The number of hydrogen-bond acceptors (Lipinski definition) is 3. The minimum atomic E-state index is -0.555. The average molecular weight is 226 g/mol. The second kappa shape index (κ2) is 4.76. The summed E-state index contributed by atoms with van der Waals surface area (Å²) < 4.78 is 13.3. The van der Waals surface area contributed by atoms with Crippen LogP contribution in [0.1, 0.15) is 19.4 Å². The Bertz CT molecular complexity index is 445. The molecule has 1 aromatic carbocycles. The van der Waals surface area contributed by atoms with E-state index < -0.39 is 5.82 Å². The minimum Gasteiger partial charge on any atom is -0.276 e. The Labute approximate surface area is 92.2 Å². The van der Waals surface area contributed by atoms with Gasteiger partial charge in [-0.15, -0.1) is 0 Å². The number of nitrogens with one attached hydrogen (secondary N) is 1. The van der Waals surface area contributed by atoms with E-state index >= 15 is 0 Å². The third-order valence-electron chi connectivity index (χ3n) is 1.58. The molecule has 0 fully saturated rings. The summed E-state index contributed by atoms with van der Waals surface area (Å²) >= 11 is 5.74. The third-order valence-corrected chi connectivity index (χ3v) is 1.89. The van der Waals surface area contributed by atoms with Gasteiger partial charge in [0, 0.05) is 5.71 Å². The van der Waals surface area contributed by atoms with Crippen LogP contribution in [0.3, 0.4) is 0 Å². The van der Waals surface area contributed by atoms with Crippen molar-refractivity contribution in [3.63, 3.8) is 0 Å². The van der Waals surface area contributed by atoms with Crippen molar-refractivity contribution in [2.75, 3.05) is 5.43 Å². The van der Waals surface area contributed by atoms with E-state index in [1.807, 2.05) is 0 Å². The molecule has 0 bridgehead atoms. The highest BCUT2D eigenvalue weighted by Gasteiger charge is 2.07. The van der Waals surface area contributed by atoms with Crippen LogP contribution in [-0.2, 0) is 0 Å². The van der Waals surface area contributed by atoms with Crippen LogP contribution in [0, 0.1) is 17.1 Å². The number of rotatable bonds is 2. The van der Waals surface area contributed by atoms with Gasteiger partial charge in [-0.3, -0.25) is 5.43 Å². The summed E-state index contributed by atoms with van der Waals surface area (Å²) in [5.41, 5.74) is 3.54. The molecule has 0 aliphatic heterocycles. The van der Waals surface area contributed by atoms with Crippen LogP contribution in [0.15, 0.2) is 17.2 Å². The van der Waals surface area contributed by atoms with E-state index in [1.165, 1.54) is 6.07 Å². The number of hydrazone groups is 1. The highest BCUT2D eigenvalue weighted by molar-refractivity contribution is 6.32. The lowest BCUT2D eigenvalue weighted by Crippen LogP contribution is -1.96. The molecule has 5 heteroatoms. The van der Waals surface area contributed by atoms with Crippen molar-refractivity contribution in [1.29, 1.82) is 5.26 Å². The van der Waals surface area contributed by atoms with E-state index in [1.54, 1.807) is 19.9 Å². The molecule has 0 aromatic heterocycles. The molecule has 1 N–H and O–H groups in total. The summed E-state index contributed by atoms with van der Waals surface area (Å²) in [6.07, 6.45) is 0. The topological polar surface area (TPSA) is 48.2 Å². The summed E-state index contributed by atoms with van der Waals surface area (Å²) in [6.45, 7) is 3.55. The lowest BCUT2D eigenvalue weighted by Gasteiger charge is -2.04. The second-order valence-electron chi connectivity index (χ2n) is 3.09. The molecular weight excluding hydrogens is 217 g/mol. The van der Waals surface area contributed by atoms with Gasteiger partial charge in [-0.2, -0.15) is 10.4 Å². The van der Waals surface area contributed by atoms with Crippen molar-refractivity contribution in [1.82, 2.24) is 0 Å². The van der Waals surface area contributed by atoms with Crippen molar-refractivity contribution >= 4 is 23.0 Å². The summed E-state index contributed by atoms with van der Waals surface area (Å²) in [5, 5.41) is 12.6. The second-order valence-corrected chi connectivity index (χ2v) is 3.50. The highest BCUT2D eigenvalue weighted by Crippen LogP contribution is 2.23. The Hall–Kier alpha value is -1.60. The molecule has 0 saturated carbocycles. The number of benzene rings is 1. The van der Waals surface area contributed by atoms with E-state index in [0.717, 1.165) is 11.8 Å². The molecule has 0 unspecified atom stereocenters. The zero-order valence-corrected chi connectivity index (χ0v) is 9.06. The highest BCUT2D eigenvalue weighted by atomic mass is 35.5. The molecule has 0 aliphatic carbocycles. The zero-order chi connectivity index (χ0) is 11.4. The Morgan fingerprint density at radius 1 is 1.53 bits per heavy atom. The lowest BCUT2D eigenvalue weighted by atomic mass is 10.2. The largest absolute Gasteiger partial charge is 0.276 e. The third kappa shape index (κ3) is 2.93. The Morgan fingerprint density at radius 3 is 2.73 bits per heavy atom. The average Bonchev–Trinajstić information content (AvgIpc) is 2.18. The smallest absolute Gasteiger partial charge is 0.149 e. The molecule has 15 heavy (non-hydrogen) atoms. The molecule has 0 saturated heterocycles. The fourth-order valence-corrected chi connectivity index (χ4v) is 1.10. The van der Waals surface area contributed by atoms with Gasteiger partial charge in [-0.25, -0.2) is 4.39 Å². The van der Waals surface area contributed by atoms with Crippen molar-refractivity contribution in [2.24, 2.45) is 5.10 Å². The van der Waals surface area contributed by atoms with Gasteiger partial charge in [-0.05, 0) is 26.0 Å². The number of halogens is 2. The molecule has 1 aromatic rings. The summed E-state index contributed by atoms with van der Waals surface area (Å²) in [5.74, 6) is -0.555. The number of anilines is 1. The van der Waals surface area contributed by atoms with E-state index in [-0.39, 0.29) is 16.3 Å². The maximum absolute atomic E-state index is 13.3. The van der Waals surface area contributed by atoms with Crippen molar-refractivity contribution < 1.29 is 4.39 Å². The molecule has 0 spiro atoms. The predicted octanol–water partition coefficient (Wildman–Crippen LogP) is 3.16. The first-order valence-corrected chi connectivity index (χ1v) is 4.58. The van der Waals surface area contributed by atoms with E-state index in [9.17, 15) is 4.39 Å². The minimum absolute atomic E-state index is 0.108. The van der Waals surface area contributed by atoms with Crippen LogP contribution < -0.4 is 5.43 Å². The van der Waals surface area contributed by atoms with Gasteiger partial charge in [0.05, 0.1) is 16.3 Å². The molecule has 0 aliphatic rings. The quantitative estimate of drug-likeness (QED) is 0.621. The molecule has 78 valence electrons. The van der Waals surface area contributed by atoms with Gasteiger partial charge in [0.1, 0.15) is 11.9 Å². The number of nitriles is 1. The molecule has 0 heterocycles. The Kier molecular flexibility index (Phi) is 3.64. The van der Waals surface area contributed by atoms with Gasteiger partial charge in [0.2, 0.25) is 0 Å². The zero-order valence-electron chi connectivity index (χ0n) is 8.31. The van der Waals surface area contributed by atoms with Crippen LogP contribution in [0.25, 0.3) is 0 Å². The monoisotopic (exact) mass is 225 g/mol. The van der Waals surface area contributed by atoms with Gasteiger partial charge in [0.15, 0.2) is 0 Å². The van der Waals surface area contributed by atoms with Gasteiger partial charge in [-0.1, -0.05) is 11.6 Å². The molecule has 0 amide bonds.